The molecule has 3 heteroatoms. The Morgan fingerprint density at radius 1 is 1.24 bits per heavy atom. The molecule has 1 aromatic carbocycles. The highest BCUT2D eigenvalue weighted by Crippen LogP contribution is 2.13. The van der Waals surface area contributed by atoms with Crippen LogP contribution in [0.15, 0.2) is 18.2 Å². The average molecular weight is 291 g/mol. The Bertz CT molecular complexity index is 455. The summed E-state index contributed by atoms with van der Waals surface area (Å²) >= 11 is 0. The van der Waals surface area contributed by atoms with E-state index >= 15 is 0 Å². The first-order valence-corrected chi connectivity index (χ1v) is 7.78. The molecule has 21 heavy (non-hydrogen) atoms. The van der Waals surface area contributed by atoms with Gasteiger partial charge in [0, 0.05) is 6.04 Å². The molecule has 0 saturated heterocycles. The molecule has 0 aliphatic carbocycles. The SMILES string of the molecule is COC(=O)CC(Cc1ccc(C)c(C)c1)NCCC(C)C. The summed E-state index contributed by atoms with van der Waals surface area (Å²) in [6, 6.07) is 6.65. The predicted molar refractivity (Wildman–Crippen MR) is 87.5 cm³/mol. The van der Waals surface area contributed by atoms with E-state index in [4.69, 9.17) is 4.74 Å². The van der Waals surface area contributed by atoms with E-state index in [2.05, 4.69) is 51.2 Å². The van der Waals surface area contributed by atoms with E-state index < -0.39 is 0 Å². The van der Waals surface area contributed by atoms with Crippen molar-refractivity contribution in [3.05, 3.63) is 34.9 Å². The molecule has 1 unspecified atom stereocenters. The van der Waals surface area contributed by atoms with Crippen LogP contribution in [-0.2, 0) is 16.0 Å². The second-order valence-electron chi connectivity index (χ2n) is 6.24. The maximum Gasteiger partial charge on any atom is 0.307 e. The highest BCUT2D eigenvalue weighted by molar-refractivity contribution is 5.70. The van der Waals surface area contributed by atoms with Crippen molar-refractivity contribution in [2.75, 3.05) is 13.7 Å². The number of hydrogen-bond donors (Lipinski definition) is 1. The lowest BCUT2D eigenvalue weighted by molar-refractivity contribution is -0.141. The quantitative estimate of drug-likeness (QED) is 0.746. The summed E-state index contributed by atoms with van der Waals surface area (Å²) in [7, 11) is 1.45. The molecule has 0 fully saturated rings. The number of nitrogens with one attached hydrogen (secondary N) is 1. The molecule has 0 heterocycles. The lowest BCUT2D eigenvalue weighted by atomic mass is 9.99. The fraction of sp³-hybridized carbons (Fsp3) is 0.611. The van der Waals surface area contributed by atoms with Crippen molar-refractivity contribution in [1.82, 2.24) is 5.32 Å². The lowest BCUT2D eigenvalue weighted by Gasteiger charge is -2.19. The van der Waals surface area contributed by atoms with Gasteiger partial charge in [0.2, 0.25) is 0 Å². The summed E-state index contributed by atoms with van der Waals surface area (Å²) in [6.45, 7) is 9.59. The highest BCUT2D eigenvalue weighted by atomic mass is 16.5. The summed E-state index contributed by atoms with van der Waals surface area (Å²) in [5.41, 5.74) is 3.87. The first-order chi connectivity index (χ1) is 9.92. The van der Waals surface area contributed by atoms with Crippen LogP contribution < -0.4 is 5.32 Å². The largest absolute Gasteiger partial charge is 0.469 e. The maximum atomic E-state index is 11.6. The van der Waals surface area contributed by atoms with Gasteiger partial charge in [-0.1, -0.05) is 32.0 Å². The van der Waals surface area contributed by atoms with Gasteiger partial charge in [-0.25, -0.2) is 0 Å². The summed E-state index contributed by atoms with van der Waals surface area (Å²) in [5, 5.41) is 3.50. The third kappa shape index (κ3) is 6.76. The molecular weight excluding hydrogens is 262 g/mol. The first kappa shape index (κ1) is 17.7. The number of carbonyl (C=O) groups is 1. The zero-order valence-corrected chi connectivity index (χ0v) is 14.0. The second kappa shape index (κ2) is 8.83. The molecule has 0 radical (unpaired) electrons. The Morgan fingerprint density at radius 3 is 2.52 bits per heavy atom. The van der Waals surface area contributed by atoms with Crippen LogP contribution in [0.3, 0.4) is 0 Å². The Balaban J connectivity index is 2.65. The van der Waals surface area contributed by atoms with Crippen LogP contribution in [-0.4, -0.2) is 25.7 Å². The molecule has 1 rings (SSSR count). The number of rotatable bonds is 8. The molecular formula is C18H29NO2. The van der Waals surface area contributed by atoms with Crippen LogP contribution in [0.25, 0.3) is 0 Å². The van der Waals surface area contributed by atoms with Crippen LogP contribution in [0.5, 0.6) is 0 Å². The van der Waals surface area contributed by atoms with Crippen LogP contribution in [0.4, 0.5) is 0 Å². The second-order valence-corrected chi connectivity index (χ2v) is 6.24. The minimum atomic E-state index is -0.152. The summed E-state index contributed by atoms with van der Waals surface area (Å²) in [4.78, 5) is 11.6. The number of aryl methyl sites for hydroxylation is 2. The zero-order valence-electron chi connectivity index (χ0n) is 14.0. The van der Waals surface area contributed by atoms with Gasteiger partial charge < -0.3 is 10.1 Å². The van der Waals surface area contributed by atoms with Crippen molar-refractivity contribution in [2.45, 2.75) is 53.0 Å². The van der Waals surface area contributed by atoms with E-state index in [9.17, 15) is 4.79 Å². The third-order valence-electron chi connectivity index (χ3n) is 3.85. The normalized spacial score (nSPS) is 12.5. The van der Waals surface area contributed by atoms with Crippen LogP contribution in [0.2, 0.25) is 0 Å². The zero-order chi connectivity index (χ0) is 15.8. The standard InChI is InChI=1S/C18H29NO2/c1-13(2)8-9-19-17(12-18(20)21-5)11-16-7-6-14(3)15(4)10-16/h6-7,10,13,17,19H,8-9,11-12H2,1-5H3. The Morgan fingerprint density at radius 2 is 1.95 bits per heavy atom. The minimum absolute atomic E-state index is 0.137. The number of hydrogen-bond acceptors (Lipinski definition) is 3. The van der Waals surface area contributed by atoms with Crippen molar-refractivity contribution in [2.24, 2.45) is 5.92 Å². The first-order valence-electron chi connectivity index (χ1n) is 7.78. The molecule has 0 spiro atoms. The highest BCUT2D eigenvalue weighted by Gasteiger charge is 2.15. The van der Waals surface area contributed by atoms with Gasteiger partial charge in [-0.2, -0.15) is 0 Å². The topological polar surface area (TPSA) is 38.3 Å². The average Bonchev–Trinajstić information content (AvgIpc) is 2.42. The monoisotopic (exact) mass is 291 g/mol. The fourth-order valence-corrected chi connectivity index (χ4v) is 2.29. The summed E-state index contributed by atoms with van der Waals surface area (Å²) in [6.07, 6.45) is 2.39. The van der Waals surface area contributed by atoms with Crippen molar-refractivity contribution < 1.29 is 9.53 Å². The molecule has 0 aliphatic rings. The molecule has 1 atom stereocenters. The van der Waals surface area contributed by atoms with Gasteiger partial charge in [0.15, 0.2) is 0 Å². The van der Waals surface area contributed by atoms with Gasteiger partial charge in [-0.05, 0) is 55.8 Å². The molecule has 0 aromatic heterocycles. The molecule has 118 valence electrons. The van der Waals surface area contributed by atoms with Gasteiger partial charge in [0.25, 0.3) is 0 Å². The van der Waals surface area contributed by atoms with Crippen LogP contribution in [0, 0.1) is 19.8 Å². The fourth-order valence-electron chi connectivity index (χ4n) is 2.29. The van der Waals surface area contributed by atoms with Gasteiger partial charge in [-0.3, -0.25) is 4.79 Å². The number of esters is 1. The van der Waals surface area contributed by atoms with Gasteiger partial charge in [0.1, 0.15) is 0 Å². The van der Waals surface area contributed by atoms with E-state index in [0.29, 0.717) is 12.3 Å². The molecule has 0 aliphatic heterocycles. The van der Waals surface area contributed by atoms with Crippen molar-refractivity contribution in [3.8, 4) is 0 Å². The van der Waals surface area contributed by atoms with E-state index in [1.807, 2.05) is 0 Å². The molecule has 1 N–H and O–H groups in total. The van der Waals surface area contributed by atoms with Crippen LogP contribution in [0.1, 0.15) is 43.4 Å². The van der Waals surface area contributed by atoms with Gasteiger partial charge in [0.05, 0.1) is 13.5 Å². The van der Waals surface area contributed by atoms with E-state index in [0.717, 1.165) is 19.4 Å². The van der Waals surface area contributed by atoms with E-state index in [1.165, 1.54) is 23.8 Å². The molecule has 0 bridgehead atoms. The Labute approximate surface area is 129 Å². The van der Waals surface area contributed by atoms with Crippen molar-refractivity contribution in [1.29, 1.82) is 0 Å². The third-order valence-corrected chi connectivity index (χ3v) is 3.85. The summed E-state index contributed by atoms with van der Waals surface area (Å²) < 4.78 is 4.81. The van der Waals surface area contributed by atoms with Gasteiger partial charge >= 0.3 is 5.97 Å². The molecule has 1 aromatic rings. The minimum Gasteiger partial charge on any atom is -0.469 e. The van der Waals surface area contributed by atoms with E-state index in [-0.39, 0.29) is 12.0 Å². The summed E-state index contributed by atoms with van der Waals surface area (Å²) in [5.74, 6) is 0.513. The van der Waals surface area contributed by atoms with Crippen LogP contribution >= 0.6 is 0 Å². The molecule has 0 saturated carbocycles. The smallest absolute Gasteiger partial charge is 0.307 e. The number of ether oxygens (including phenoxy) is 1. The number of benzene rings is 1. The molecule has 0 amide bonds. The van der Waals surface area contributed by atoms with Crippen molar-refractivity contribution >= 4 is 5.97 Å². The van der Waals surface area contributed by atoms with Crippen molar-refractivity contribution in [3.63, 3.8) is 0 Å². The predicted octanol–water partition coefficient (Wildman–Crippen LogP) is 3.41. The maximum absolute atomic E-state index is 11.6. The van der Waals surface area contributed by atoms with E-state index in [1.54, 1.807) is 0 Å². The number of carbonyl (C=O) groups excluding carboxylic acids is 1. The van der Waals surface area contributed by atoms with Gasteiger partial charge in [-0.15, -0.1) is 0 Å². The molecule has 3 nitrogen and oxygen atoms in total. The Kier molecular flexibility index (Phi) is 7.44. The lowest BCUT2D eigenvalue weighted by Crippen LogP contribution is -2.35. The Hall–Kier alpha value is -1.35. The number of methoxy groups -OCH3 is 1.